The van der Waals surface area contributed by atoms with Gasteiger partial charge in [-0.2, -0.15) is 13.2 Å². The zero-order valence-electron chi connectivity index (χ0n) is 12.5. The van der Waals surface area contributed by atoms with Crippen molar-refractivity contribution in [1.29, 1.82) is 0 Å². The summed E-state index contributed by atoms with van der Waals surface area (Å²) in [5.74, 6) is 0.524. The Bertz CT molecular complexity index is 318. The van der Waals surface area contributed by atoms with Crippen molar-refractivity contribution in [3.63, 3.8) is 0 Å². The van der Waals surface area contributed by atoms with E-state index in [-0.39, 0.29) is 12.6 Å². The SMILES string of the molecule is CC(C)[C@H]1CCCC[C@@H]1NCC(=O)N(C)CC(F)(F)F. The molecule has 0 aromatic heterocycles. The summed E-state index contributed by atoms with van der Waals surface area (Å²) >= 11 is 0. The molecule has 0 bridgehead atoms. The first-order chi connectivity index (χ1) is 9.20. The monoisotopic (exact) mass is 294 g/mol. The Balaban J connectivity index is 2.42. The fraction of sp³-hybridized carbons (Fsp3) is 0.929. The summed E-state index contributed by atoms with van der Waals surface area (Å²) in [5.41, 5.74) is 0. The maximum Gasteiger partial charge on any atom is 0.406 e. The van der Waals surface area contributed by atoms with Crippen molar-refractivity contribution in [2.45, 2.75) is 51.7 Å². The van der Waals surface area contributed by atoms with Gasteiger partial charge in [0.2, 0.25) is 5.91 Å². The molecule has 0 unspecified atom stereocenters. The zero-order valence-corrected chi connectivity index (χ0v) is 12.5. The number of alkyl halides is 3. The number of carbonyl (C=O) groups excluding carboxylic acids is 1. The van der Waals surface area contributed by atoms with Crippen LogP contribution in [0.15, 0.2) is 0 Å². The molecule has 2 atom stereocenters. The second kappa shape index (κ2) is 7.29. The molecule has 0 radical (unpaired) electrons. The average molecular weight is 294 g/mol. The molecule has 1 rings (SSSR count). The summed E-state index contributed by atoms with van der Waals surface area (Å²) in [6.45, 7) is 3.11. The van der Waals surface area contributed by atoms with Crippen LogP contribution in [0.25, 0.3) is 0 Å². The first-order valence-electron chi connectivity index (χ1n) is 7.25. The Morgan fingerprint density at radius 2 is 1.90 bits per heavy atom. The highest BCUT2D eigenvalue weighted by Gasteiger charge is 2.32. The molecule has 0 aliphatic heterocycles. The molecule has 1 aliphatic rings. The topological polar surface area (TPSA) is 32.3 Å². The molecule has 3 nitrogen and oxygen atoms in total. The summed E-state index contributed by atoms with van der Waals surface area (Å²) in [5, 5.41) is 3.16. The first kappa shape index (κ1) is 17.3. The van der Waals surface area contributed by atoms with Crippen molar-refractivity contribution in [2.24, 2.45) is 11.8 Å². The fourth-order valence-corrected chi connectivity index (χ4v) is 2.92. The van der Waals surface area contributed by atoms with Crippen molar-refractivity contribution in [2.75, 3.05) is 20.1 Å². The molecule has 0 heterocycles. The van der Waals surface area contributed by atoms with E-state index in [1.165, 1.54) is 13.5 Å². The van der Waals surface area contributed by atoms with Gasteiger partial charge in [0.25, 0.3) is 0 Å². The number of carbonyl (C=O) groups is 1. The van der Waals surface area contributed by atoms with Crippen molar-refractivity contribution < 1.29 is 18.0 Å². The van der Waals surface area contributed by atoms with Crippen LogP contribution < -0.4 is 5.32 Å². The van der Waals surface area contributed by atoms with Gasteiger partial charge in [0, 0.05) is 13.1 Å². The van der Waals surface area contributed by atoms with Crippen molar-refractivity contribution in [3.8, 4) is 0 Å². The molecule has 0 aromatic rings. The molecule has 1 N–H and O–H groups in total. The highest BCUT2D eigenvalue weighted by atomic mass is 19.4. The molecule has 0 saturated heterocycles. The second-order valence-electron chi connectivity index (χ2n) is 6.04. The van der Waals surface area contributed by atoms with Crippen LogP contribution >= 0.6 is 0 Å². The Hall–Kier alpha value is -0.780. The molecule has 0 aromatic carbocycles. The molecular weight excluding hydrogens is 269 g/mol. The molecule has 20 heavy (non-hydrogen) atoms. The van der Waals surface area contributed by atoms with E-state index >= 15 is 0 Å². The number of nitrogens with one attached hydrogen (secondary N) is 1. The molecule has 118 valence electrons. The van der Waals surface area contributed by atoms with Gasteiger partial charge in [0.05, 0.1) is 6.54 Å². The van der Waals surface area contributed by atoms with E-state index < -0.39 is 18.6 Å². The lowest BCUT2D eigenvalue weighted by atomic mass is 9.78. The summed E-state index contributed by atoms with van der Waals surface area (Å²) in [4.78, 5) is 12.4. The number of halogens is 3. The molecular formula is C14H25F3N2O. The minimum absolute atomic E-state index is 0.0134. The van der Waals surface area contributed by atoms with Crippen LogP contribution in [0.5, 0.6) is 0 Å². The summed E-state index contributed by atoms with van der Waals surface area (Å²) in [6, 6.07) is 0.243. The lowest BCUT2D eigenvalue weighted by molar-refractivity contribution is -0.157. The van der Waals surface area contributed by atoms with Crippen molar-refractivity contribution >= 4 is 5.91 Å². The van der Waals surface area contributed by atoms with Crippen LogP contribution in [0.1, 0.15) is 39.5 Å². The minimum Gasteiger partial charge on any atom is -0.336 e. The second-order valence-corrected chi connectivity index (χ2v) is 6.04. The van der Waals surface area contributed by atoms with Gasteiger partial charge < -0.3 is 10.2 Å². The van der Waals surface area contributed by atoms with Crippen LogP contribution in [-0.2, 0) is 4.79 Å². The molecule has 6 heteroatoms. The lowest BCUT2D eigenvalue weighted by Crippen LogP contribution is -2.47. The van der Waals surface area contributed by atoms with Gasteiger partial charge >= 0.3 is 6.18 Å². The standard InChI is InChI=1S/C14H25F3N2O/c1-10(2)11-6-4-5-7-12(11)18-8-13(20)19(3)9-14(15,16)17/h10-12,18H,4-9H2,1-3H3/t11-,12+/m1/s1. The van der Waals surface area contributed by atoms with E-state index in [1.807, 2.05) is 0 Å². The Morgan fingerprint density at radius 3 is 2.45 bits per heavy atom. The van der Waals surface area contributed by atoms with Crippen LogP contribution in [0.3, 0.4) is 0 Å². The van der Waals surface area contributed by atoms with Gasteiger partial charge in [-0.15, -0.1) is 0 Å². The lowest BCUT2D eigenvalue weighted by Gasteiger charge is -2.35. The van der Waals surface area contributed by atoms with Crippen molar-refractivity contribution in [3.05, 3.63) is 0 Å². The summed E-state index contributed by atoms with van der Waals surface area (Å²) in [7, 11) is 1.19. The van der Waals surface area contributed by atoms with Gasteiger partial charge in [-0.25, -0.2) is 0 Å². The molecule has 1 amide bonds. The van der Waals surface area contributed by atoms with E-state index in [0.29, 0.717) is 11.8 Å². The average Bonchev–Trinajstić information content (AvgIpc) is 2.34. The maximum absolute atomic E-state index is 12.2. The largest absolute Gasteiger partial charge is 0.406 e. The number of rotatable bonds is 5. The van der Waals surface area contributed by atoms with Gasteiger partial charge in [0.1, 0.15) is 6.54 Å². The third-order valence-corrected chi connectivity index (χ3v) is 4.03. The van der Waals surface area contributed by atoms with Gasteiger partial charge in [-0.05, 0) is 24.7 Å². The molecule has 1 saturated carbocycles. The normalized spacial score (nSPS) is 23.9. The van der Waals surface area contributed by atoms with E-state index in [2.05, 4.69) is 19.2 Å². The smallest absolute Gasteiger partial charge is 0.336 e. The number of hydrogen-bond acceptors (Lipinski definition) is 2. The molecule has 0 spiro atoms. The van der Waals surface area contributed by atoms with E-state index in [0.717, 1.165) is 24.2 Å². The van der Waals surface area contributed by atoms with Crippen molar-refractivity contribution in [1.82, 2.24) is 10.2 Å². The summed E-state index contributed by atoms with van der Waals surface area (Å²) < 4.78 is 36.6. The maximum atomic E-state index is 12.2. The van der Waals surface area contributed by atoms with Gasteiger partial charge in [-0.3, -0.25) is 4.79 Å². The van der Waals surface area contributed by atoms with Crippen LogP contribution in [0.4, 0.5) is 13.2 Å². The quantitative estimate of drug-likeness (QED) is 0.845. The number of amides is 1. The zero-order chi connectivity index (χ0) is 15.3. The van der Waals surface area contributed by atoms with E-state index in [1.54, 1.807) is 0 Å². The van der Waals surface area contributed by atoms with Crippen LogP contribution in [0, 0.1) is 11.8 Å². The van der Waals surface area contributed by atoms with Crippen LogP contribution in [-0.4, -0.2) is 43.2 Å². The number of nitrogens with zero attached hydrogens (tertiary/aromatic N) is 1. The predicted molar refractivity (Wildman–Crippen MR) is 72.3 cm³/mol. The van der Waals surface area contributed by atoms with Gasteiger partial charge in [0.15, 0.2) is 0 Å². The predicted octanol–water partition coefficient (Wildman–Crippen LogP) is 2.81. The Kier molecular flexibility index (Phi) is 6.30. The highest BCUT2D eigenvalue weighted by Crippen LogP contribution is 2.30. The number of likely N-dealkylation sites (N-methyl/N-ethyl adjacent to an activating group) is 1. The first-order valence-corrected chi connectivity index (χ1v) is 7.25. The van der Waals surface area contributed by atoms with E-state index in [9.17, 15) is 18.0 Å². The molecule has 1 fully saturated rings. The number of hydrogen-bond donors (Lipinski definition) is 1. The third kappa shape index (κ3) is 5.69. The highest BCUT2D eigenvalue weighted by molar-refractivity contribution is 5.78. The van der Waals surface area contributed by atoms with E-state index in [4.69, 9.17) is 0 Å². The van der Waals surface area contributed by atoms with Crippen LogP contribution in [0.2, 0.25) is 0 Å². The Labute approximate surface area is 118 Å². The Morgan fingerprint density at radius 1 is 1.30 bits per heavy atom. The minimum atomic E-state index is -4.34. The summed E-state index contributed by atoms with van der Waals surface area (Å²) in [6.07, 6.45) is 0.104. The fourth-order valence-electron chi connectivity index (χ4n) is 2.92. The molecule has 1 aliphatic carbocycles. The third-order valence-electron chi connectivity index (χ3n) is 4.03. The van der Waals surface area contributed by atoms with Gasteiger partial charge in [-0.1, -0.05) is 26.7 Å².